The summed E-state index contributed by atoms with van der Waals surface area (Å²) in [6.45, 7) is -3.45. The molecule has 0 amide bonds. The van der Waals surface area contributed by atoms with Crippen LogP contribution in [-0.4, -0.2) is 140 Å². The molecule has 0 saturated heterocycles. The van der Waals surface area contributed by atoms with E-state index in [9.17, 15) is 33.9 Å². The van der Waals surface area contributed by atoms with Crippen molar-refractivity contribution in [3.05, 3.63) is 23.8 Å². The third kappa shape index (κ3) is 12.3. The van der Waals surface area contributed by atoms with E-state index in [-0.39, 0.29) is 26.2 Å². The molecule has 0 saturated carbocycles. The zero-order valence-corrected chi connectivity index (χ0v) is 19.5. The number of hydrogen-bond acceptors (Lipinski definition) is 11. The first-order chi connectivity index (χ1) is 17.3. The Morgan fingerprint density at radius 2 is 1.03 bits per heavy atom. The summed E-state index contributed by atoms with van der Waals surface area (Å²) < 4.78 is 4.96. The molecule has 1 aromatic carbocycles. The van der Waals surface area contributed by atoms with E-state index in [4.69, 9.17) is 30.3 Å². The van der Waals surface area contributed by atoms with E-state index in [2.05, 4.69) is 0 Å². The highest BCUT2D eigenvalue weighted by atomic mass is 16.5. The molecule has 1 rings (SSSR count). The van der Waals surface area contributed by atoms with Crippen LogP contribution in [0.15, 0.2) is 18.2 Å². The molecule has 0 spiro atoms. The highest BCUT2D eigenvalue weighted by Gasteiger charge is 2.22. The summed E-state index contributed by atoms with van der Waals surface area (Å²) in [6, 6.07) is 3.44. The molecule has 204 valence electrons. The van der Waals surface area contributed by atoms with Gasteiger partial charge < -0.3 is 35.4 Å². The number of benzene rings is 1. The normalized spacial score (nSPS) is 11.0. The Labute approximate surface area is 209 Å². The van der Waals surface area contributed by atoms with Crippen molar-refractivity contribution in [3.8, 4) is 11.5 Å². The Morgan fingerprint density at radius 3 is 1.46 bits per heavy atom. The molecular formula is C21H27N3O13. The van der Waals surface area contributed by atoms with Gasteiger partial charge in [-0.15, -0.1) is 0 Å². The number of carbonyl (C=O) groups is 6. The lowest BCUT2D eigenvalue weighted by molar-refractivity contribution is -0.143. The van der Waals surface area contributed by atoms with Crippen molar-refractivity contribution in [1.82, 2.24) is 14.7 Å². The average Bonchev–Trinajstić information content (AvgIpc) is 2.75. The highest BCUT2D eigenvalue weighted by molar-refractivity contribution is 5.92. The number of aromatic carboxylic acids is 1. The van der Waals surface area contributed by atoms with E-state index in [1.165, 1.54) is 11.0 Å². The van der Waals surface area contributed by atoms with E-state index in [0.29, 0.717) is 0 Å². The lowest BCUT2D eigenvalue weighted by Crippen LogP contribution is -2.45. The number of carboxylic acids is 5. The minimum atomic E-state index is -1.47. The fourth-order valence-electron chi connectivity index (χ4n) is 3.14. The van der Waals surface area contributed by atoms with Crippen LogP contribution >= 0.6 is 0 Å². The Balaban J connectivity index is 2.86. The first-order valence-electron chi connectivity index (χ1n) is 10.6. The minimum Gasteiger partial charge on any atom is -0.504 e. The number of aromatic hydroxyl groups is 1. The topological polar surface area (TPSA) is 243 Å². The van der Waals surface area contributed by atoms with Gasteiger partial charge in [0, 0.05) is 26.2 Å². The van der Waals surface area contributed by atoms with Crippen molar-refractivity contribution in [2.24, 2.45) is 0 Å². The maximum absolute atomic E-state index is 12.3. The molecule has 1 aromatic rings. The number of aliphatic carboxylic acids is 4. The molecule has 0 aromatic heterocycles. The summed E-state index contributed by atoms with van der Waals surface area (Å²) in [6.07, 6.45) is 0. The van der Waals surface area contributed by atoms with Gasteiger partial charge in [-0.1, -0.05) is 6.07 Å². The molecule has 0 radical (unpaired) electrons. The summed E-state index contributed by atoms with van der Waals surface area (Å²) in [4.78, 5) is 71.3. The van der Waals surface area contributed by atoms with E-state index in [1.54, 1.807) is 0 Å². The van der Waals surface area contributed by atoms with Crippen LogP contribution in [0.25, 0.3) is 0 Å². The number of rotatable bonds is 18. The molecule has 0 fully saturated rings. The van der Waals surface area contributed by atoms with Crippen LogP contribution in [0.5, 0.6) is 11.5 Å². The van der Waals surface area contributed by atoms with E-state index >= 15 is 0 Å². The number of nitrogens with zero attached hydrogens (tertiary/aromatic N) is 3. The number of hydrogen-bond donors (Lipinski definition) is 6. The van der Waals surface area contributed by atoms with Crippen LogP contribution in [0.1, 0.15) is 10.4 Å². The van der Waals surface area contributed by atoms with Crippen LogP contribution in [0, 0.1) is 0 Å². The second kappa shape index (κ2) is 15.0. The summed E-state index contributed by atoms with van der Waals surface area (Å²) in [5.74, 6) is -8.88. The summed E-state index contributed by atoms with van der Waals surface area (Å²) in [7, 11) is 0. The fourth-order valence-corrected chi connectivity index (χ4v) is 3.14. The number of esters is 1. The predicted octanol–water partition coefficient (Wildman–Crippen LogP) is -1.76. The molecule has 0 heterocycles. The number of phenols is 1. The third-order valence-corrected chi connectivity index (χ3v) is 4.71. The number of ether oxygens (including phenoxy) is 1. The molecule has 0 aliphatic rings. The van der Waals surface area contributed by atoms with E-state index < -0.39 is 85.6 Å². The summed E-state index contributed by atoms with van der Waals surface area (Å²) >= 11 is 0. The SMILES string of the molecule is O=C(O)CN(CCN(CC(=O)O)CC(=O)O)CCN(CC(=O)O)CC(=O)Oc1cccc(C(=O)O)c1O. The van der Waals surface area contributed by atoms with Crippen molar-refractivity contribution < 1.29 is 64.1 Å². The van der Waals surface area contributed by atoms with Gasteiger partial charge in [0.15, 0.2) is 11.5 Å². The van der Waals surface area contributed by atoms with Crippen molar-refractivity contribution >= 4 is 35.8 Å². The van der Waals surface area contributed by atoms with Gasteiger partial charge in [0.05, 0.1) is 32.7 Å². The first kappa shape index (κ1) is 30.8. The largest absolute Gasteiger partial charge is 0.504 e. The summed E-state index contributed by atoms with van der Waals surface area (Å²) in [5, 5.41) is 55.2. The van der Waals surface area contributed by atoms with Gasteiger partial charge >= 0.3 is 35.8 Å². The van der Waals surface area contributed by atoms with Crippen molar-refractivity contribution in [2.45, 2.75) is 0 Å². The monoisotopic (exact) mass is 529 g/mol. The Hall–Kier alpha value is -4.28. The van der Waals surface area contributed by atoms with Crippen LogP contribution in [-0.2, 0) is 24.0 Å². The van der Waals surface area contributed by atoms with Crippen molar-refractivity contribution in [3.63, 3.8) is 0 Å². The lowest BCUT2D eigenvalue weighted by Gasteiger charge is -2.27. The number of carboxylic acid groups (broad SMARTS) is 5. The second-order valence-electron chi connectivity index (χ2n) is 7.70. The molecular weight excluding hydrogens is 502 g/mol. The van der Waals surface area contributed by atoms with Crippen LogP contribution < -0.4 is 4.74 Å². The Kier molecular flexibility index (Phi) is 12.4. The number of carbonyl (C=O) groups excluding carboxylic acids is 1. The van der Waals surface area contributed by atoms with Crippen LogP contribution in [0.3, 0.4) is 0 Å². The maximum atomic E-state index is 12.3. The van der Waals surface area contributed by atoms with Gasteiger partial charge in [-0.25, -0.2) is 4.79 Å². The quantitative estimate of drug-likeness (QED) is 0.0911. The first-order valence-corrected chi connectivity index (χ1v) is 10.6. The number of para-hydroxylation sites is 1. The second-order valence-corrected chi connectivity index (χ2v) is 7.70. The van der Waals surface area contributed by atoms with Crippen LogP contribution in [0.4, 0.5) is 0 Å². The van der Waals surface area contributed by atoms with Gasteiger partial charge in [0.2, 0.25) is 0 Å². The minimum absolute atomic E-state index is 0.0753. The van der Waals surface area contributed by atoms with Gasteiger partial charge in [-0.2, -0.15) is 0 Å². The standard InChI is InChI=1S/C21H27N3O13/c25-15(26)8-22(4-6-23(9-16(27)28)10-17(29)30)5-7-24(11-18(31)32)12-19(33)37-14-3-1-2-13(20(14)34)21(35)36/h1-3,34H,4-12H2,(H,25,26)(H,27,28)(H,29,30)(H,31,32)(H,35,36). The smallest absolute Gasteiger partial charge is 0.339 e. The molecule has 16 nitrogen and oxygen atoms in total. The average molecular weight is 529 g/mol. The van der Waals surface area contributed by atoms with Crippen LogP contribution in [0.2, 0.25) is 0 Å². The van der Waals surface area contributed by atoms with Gasteiger partial charge in [0.25, 0.3) is 0 Å². The molecule has 37 heavy (non-hydrogen) atoms. The molecule has 6 N–H and O–H groups in total. The highest BCUT2D eigenvalue weighted by Crippen LogP contribution is 2.29. The zero-order chi connectivity index (χ0) is 28.1. The molecule has 0 bridgehead atoms. The summed E-state index contributed by atoms with van der Waals surface area (Å²) in [5.41, 5.74) is -0.517. The zero-order valence-electron chi connectivity index (χ0n) is 19.5. The van der Waals surface area contributed by atoms with Gasteiger partial charge in [0.1, 0.15) is 5.56 Å². The van der Waals surface area contributed by atoms with E-state index in [0.717, 1.165) is 21.9 Å². The lowest BCUT2D eigenvalue weighted by atomic mass is 10.2. The third-order valence-electron chi connectivity index (χ3n) is 4.71. The van der Waals surface area contributed by atoms with Crippen molar-refractivity contribution in [2.75, 3.05) is 58.9 Å². The van der Waals surface area contributed by atoms with E-state index in [1.807, 2.05) is 0 Å². The Morgan fingerprint density at radius 1 is 0.622 bits per heavy atom. The maximum Gasteiger partial charge on any atom is 0.339 e. The fraction of sp³-hybridized carbons (Fsp3) is 0.429. The van der Waals surface area contributed by atoms with Gasteiger partial charge in [-0.05, 0) is 12.1 Å². The van der Waals surface area contributed by atoms with Gasteiger partial charge in [-0.3, -0.25) is 38.7 Å². The molecule has 0 aliphatic heterocycles. The molecule has 16 heteroatoms. The predicted molar refractivity (Wildman–Crippen MR) is 121 cm³/mol. The Bertz CT molecular complexity index is 997. The molecule has 0 unspecified atom stereocenters. The molecule has 0 atom stereocenters. The molecule has 0 aliphatic carbocycles. The van der Waals surface area contributed by atoms with Crippen molar-refractivity contribution in [1.29, 1.82) is 0 Å².